The third-order valence-electron chi connectivity index (χ3n) is 3.84. The molecule has 5 heteroatoms. The van der Waals surface area contributed by atoms with Gasteiger partial charge in [-0.2, -0.15) is 0 Å². The van der Waals surface area contributed by atoms with Gasteiger partial charge in [-0.1, -0.05) is 0 Å². The molecule has 1 unspecified atom stereocenters. The summed E-state index contributed by atoms with van der Waals surface area (Å²) in [6, 6.07) is 4.74. The standard InChI is InChI=1S/C15H17FN2OS/c1-9-12-7-10(16)4-5-13(12)20-14(9)15(19)18-6-2-3-11(17)8-18/h4-5,7,11H,2-3,6,8,17H2,1H3. The zero-order valence-corrected chi connectivity index (χ0v) is 12.2. The predicted molar refractivity (Wildman–Crippen MR) is 79.6 cm³/mol. The number of aryl methyl sites for hydroxylation is 1. The van der Waals surface area contributed by atoms with Crippen LogP contribution in [0.2, 0.25) is 0 Å². The number of fused-ring (bicyclic) bond motifs is 1. The van der Waals surface area contributed by atoms with Gasteiger partial charge in [-0.3, -0.25) is 4.79 Å². The molecule has 1 saturated heterocycles. The first-order chi connectivity index (χ1) is 9.56. The van der Waals surface area contributed by atoms with Gasteiger partial charge in [0.25, 0.3) is 5.91 Å². The van der Waals surface area contributed by atoms with Crippen LogP contribution in [0.1, 0.15) is 28.1 Å². The number of hydrogen-bond donors (Lipinski definition) is 1. The van der Waals surface area contributed by atoms with Gasteiger partial charge in [0.05, 0.1) is 4.88 Å². The first-order valence-electron chi connectivity index (χ1n) is 6.80. The van der Waals surface area contributed by atoms with Gasteiger partial charge in [0.15, 0.2) is 0 Å². The maximum absolute atomic E-state index is 13.3. The molecule has 1 atom stereocenters. The number of halogens is 1. The number of amides is 1. The number of nitrogens with two attached hydrogens (primary N) is 1. The lowest BCUT2D eigenvalue weighted by atomic mass is 10.1. The predicted octanol–water partition coefficient (Wildman–Crippen LogP) is 2.91. The first kappa shape index (κ1) is 13.5. The maximum Gasteiger partial charge on any atom is 0.264 e. The molecule has 1 aromatic heterocycles. The summed E-state index contributed by atoms with van der Waals surface area (Å²) in [6.07, 6.45) is 1.92. The van der Waals surface area contributed by atoms with Gasteiger partial charge in [0.2, 0.25) is 0 Å². The molecule has 2 aromatic rings. The number of carbonyl (C=O) groups is 1. The molecule has 2 N–H and O–H groups in total. The normalized spacial score (nSPS) is 19.6. The smallest absolute Gasteiger partial charge is 0.264 e. The maximum atomic E-state index is 13.3. The quantitative estimate of drug-likeness (QED) is 0.878. The number of rotatable bonds is 1. The van der Waals surface area contributed by atoms with Crippen molar-refractivity contribution in [2.24, 2.45) is 5.73 Å². The second kappa shape index (κ2) is 5.14. The van der Waals surface area contributed by atoms with E-state index in [-0.39, 0.29) is 17.8 Å². The number of nitrogens with zero attached hydrogens (tertiary/aromatic N) is 1. The van der Waals surface area contributed by atoms with Gasteiger partial charge in [0.1, 0.15) is 5.82 Å². The summed E-state index contributed by atoms with van der Waals surface area (Å²) in [6.45, 7) is 3.25. The molecule has 3 nitrogen and oxygen atoms in total. The third kappa shape index (κ3) is 2.31. The monoisotopic (exact) mass is 292 g/mol. The van der Waals surface area contributed by atoms with Crippen LogP contribution in [0.15, 0.2) is 18.2 Å². The Balaban J connectivity index is 1.97. The fraction of sp³-hybridized carbons (Fsp3) is 0.400. The summed E-state index contributed by atoms with van der Waals surface area (Å²) in [5.74, 6) is -0.239. The van der Waals surface area contributed by atoms with Crippen LogP contribution in [-0.4, -0.2) is 29.9 Å². The van der Waals surface area contributed by atoms with Crippen molar-refractivity contribution in [3.05, 3.63) is 34.5 Å². The van der Waals surface area contributed by atoms with E-state index in [2.05, 4.69) is 0 Å². The van der Waals surface area contributed by atoms with Crippen molar-refractivity contribution in [3.8, 4) is 0 Å². The molecule has 0 saturated carbocycles. The van der Waals surface area contributed by atoms with Crippen molar-refractivity contribution in [1.82, 2.24) is 4.90 Å². The van der Waals surface area contributed by atoms with E-state index in [1.807, 2.05) is 11.8 Å². The summed E-state index contributed by atoms with van der Waals surface area (Å²) in [7, 11) is 0. The van der Waals surface area contributed by atoms with Gasteiger partial charge < -0.3 is 10.6 Å². The van der Waals surface area contributed by atoms with Gasteiger partial charge in [-0.05, 0) is 48.9 Å². The van der Waals surface area contributed by atoms with Gasteiger partial charge in [-0.15, -0.1) is 11.3 Å². The van der Waals surface area contributed by atoms with E-state index in [4.69, 9.17) is 5.73 Å². The largest absolute Gasteiger partial charge is 0.336 e. The second-order valence-corrected chi connectivity index (χ2v) is 6.40. The highest BCUT2D eigenvalue weighted by Crippen LogP contribution is 2.32. The van der Waals surface area contributed by atoms with Crippen molar-refractivity contribution in [1.29, 1.82) is 0 Å². The van der Waals surface area contributed by atoms with Crippen molar-refractivity contribution >= 4 is 27.3 Å². The van der Waals surface area contributed by atoms with E-state index < -0.39 is 0 Å². The molecule has 0 aliphatic carbocycles. The zero-order chi connectivity index (χ0) is 14.3. The van der Waals surface area contributed by atoms with Crippen molar-refractivity contribution in [3.63, 3.8) is 0 Å². The molecule has 106 valence electrons. The molecule has 0 radical (unpaired) electrons. The van der Waals surface area contributed by atoms with Crippen LogP contribution in [0.3, 0.4) is 0 Å². The molecule has 0 bridgehead atoms. The van der Waals surface area contributed by atoms with Crippen LogP contribution < -0.4 is 5.73 Å². The fourth-order valence-electron chi connectivity index (χ4n) is 2.74. The van der Waals surface area contributed by atoms with Crippen molar-refractivity contribution in [2.75, 3.05) is 13.1 Å². The highest BCUT2D eigenvalue weighted by molar-refractivity contribution is 7.21. The number of thiophene rings is 1. The van der Waals surface area contributed by atoms with E-state index in [0.717, 1.165) is 35.0 Å². The lowest BCUT2D eigenvalue weighted by Gasteiger charge is -2.30. The molecule has 1 aromatic carbocycles. The molecular weight excluding hydrogens is 275 g/mol. The van der Waals surface area contributed by atoms with Gasteiger partial charge >= 0.3 is 0 Å². The molecule has 1 fully saturated rings. The Bertz CT molecular complexity index is 667. The molecular formula is C15H17FN2OS. The Morgan fingerprint density at radius 3 is 3.05 bits per heavy atom. The van der Waals surface area contributed by atoms with E-state index in [0.29, 0.717) is 11.4 Å². The summed E-state index contributed by atoms with van der Waals surface area (Å²) >= 11 is 1.44. The molecule has 1 aliphatic rings. The number of piperidine rings is 1. The van der Waals surface area contributed by atoms with Gasteiger partial charge in [0, 0.05) is 23.8 Å². The Morgan fingerprint density at radius 2 is 2.30 bits per heavy atom. The topological polar surface area (TPSA) is 46.3 Å². The highest BCUT2D eigenvalue weighted by atomic mass is 32.1. The van der Waals surface area contributed by atoms with Crippen LogP contribution in [0.4, 0.5) is 4.39 Å². The Labute approximate surface area is 121 Å². The number of likely N-dealkylation sites (tertiary alicyclic amines) is 1. The van der Waals surface area contributed by atoms with E-state index in [1.54, 1.807) is 6.07 Å². The Hall–Kier alpha value is -1.46. The minimum Gasteiger partial charge on any atom is -0.336 e. The summed E-state index contributed by atoms with van der Waals surface area (Å²) in [4.78, 5) is 15.1. The van der Waals surface area contributed by atoms with E-state index in [1.165, 1.54) is 23.5 Å². The van der Waals surface area contributed by atoms with Crippen LogP contribution in [0, 0.1) is 12.7 Å². The number of benzene rings is 1. The summed E-state index contributed by atoms with van der Waals surface area (Å²) in [5.41, 5.74) is 6.80. The number of hydrogen-bond acceptors (Lipinski definition) is 3. The van der Waals surface area contributed by atoms with E-state index >= 15 is 0 Å². The first-order valence-corrected chi connectivity index (χ1v) is 7.61. The SMILES string of the molecule is Cc1c(C(=O)N2CCCC(N)C2)sc2ccc(F)cc12. The molecule has 3 rings (SSSR count). The minimum absolute atomic E-state index is 0.0271. The molecule has 1 aliphatic heterocycles. The molecule has 0 spiro atoms. The van der Waals surface area contributed by atoms with Crippen LogP contribution in [0.25, 0.3) is 10.1 Å². The lowest BCUT2D eigenvalue weighted by molar-refractivity contribution is 0.0713. The van der Waals surface area contributed by atoms with Crippen molar-refractivity contribution < 1.29 is 9.18 Å². The van der Waals surface area contributed by atoms with Crippen LogP contribution in [0.5, 0.6) is 0 Å². The summed E-state index contributed by atoms with van der Waals surface area (Å²) < 4.78 is 14.3. The highest BCUT2D eigenvalue weighted by Gasteiger charge is 2.25. The average molecular weight is 292 g/mol. The van der Waals surface area contributed by atoms with E-state index in [9.17, 15) is 9.18 Å². The Morgan fingerprint density at radius 1 is 1.50 bits per heavy atom. The molecule has 2 heterocycles. The molecule has 20 heavy (non-hydrogen) atoms. The zero-order valence-electron chi connectivity index (χ0n) is 11.4. The van der Waals surface area contributed by atoms with Crippen LogP contribution >= 0.6 is 11.3 Å². The second-order valence-electron chi connectivity index (χ2n) is 5.35. The van der Waals surface area contributed by atoms with Gasteiger partial charge in [-0.25, -0.2) is 4.39 Å². The summed E-state index contributed by atoms with van der Waals surface area (Å²) in [5, 5.41) is 0.833. The van der Waals surface area contributed by atoms with Crippen LogP contribution in [-0.2, 0) is 0 Å². The minimum atomic E-state index is -0.266. The Kier molecular flexibility index (Phi) is 3.48. The fourth-order valence-corrected chi connectivity index (χ4v) is 3.89. The third-order valence-corrected chi connectivity index (χ3v) is 5.10. The van der Waals surface area contributed by atoms with Crippen molar-refractivity contribution in [2.45, 2.75) is 25.8 Å². The average Bonchev–Trinajstić information content (AvgIpc) is 2.75. The lowest BCUT2D eigenvalue weighted by Crippen LogP contribution is -2.45. The number of carbonyl (C=O) groups excluding carboxylic acids is 1. The molecule has 1 amide bonds.